The molecule has 3 rings (SSSR count). The third-order valence-electron chi connectivity index (χ3n) is 3.68. The van der Waals surface area contributed by atoms with E-state index >= 15 is 0 Å². The van der Waals surface area contributed by atoms with Crippen LogP contribution < -0.4 is 0 Å². The number of methoxy groups -OCH3 is 2. The van der Waals surface area contributed by atoms with Gasteiger partial charge in [0.05, 0.1) is 0 Å². The average Bonchev–Trinajstić information content (AvgIpc) is 2.68. The summed E-state index contributed by atoms with van der Waals surface area (Å²) >= 11 is 0. The number of rotatable bonds is 2. The molecular weight excluding hydrogens is 224 g/mol. The van der Waals surface area contributed by atoms with Crippen LogP contribution in [0.2, 0.25) is 0 Å². The van der Waals surface area contributed by atoms with Crippen LogP contribution in [0.4, 0.5) is 0 Å². The van der Waals surface area contributed by atoms with E-state index in [9.17, 15) is 0 Å². The fraction of sp³-hybridized carbons (Fsp3) is 0.250. The number of hydrogen-bond acceptors (Lipinski definition) is 2. The number of hydrogen-bond donors (Lipinski definition) is 0. The Labute approximate surface area is 107 Å². The summed E-state index contributed by atoms with van der Waals surface area (Å²) in [6.45, 7) is 2.08. The Morgan fingerprint density at radius 1 is 0.833 bits per heavy atom. The van der Waals surface area contributed by atoms with Crippen LogP contribution >= 0.6 is 0 Å². The van der Waals surface area contributed by atoms with E-state index in [0.717, 1.165) is 11.1 Å². The molecule has 0 N–H and O–H groups in total. The number of aryl methyl sites for hydroxylation is 1. The molecule has 0 radical (unpaired) electrons. The summed E-state index contributed by atoms with van der Waals surface area (Å²) in [7, 11) is 3.38. The second kappa shape index (κ2) is 3.94. The predicted molar refractivity (Wildman–Crippen MR) is 71.4 cm³/mol. The summed E-state index contributed by atoms with van der Waals surface area (Å²) in [5.74, 6) is -0.766. The molecule has 0 saturated carbocycles. The van der Waals surface area contributed by atoms with E-state index in [1.54, 1.807) is 14.2 Å². The van der Waals surface area contributed by atoms with Crippen molar-refractivity contribution in [2.24, 2.45) is 0 Å². The van der Waals surface area contributed by atoms with Crippen molar-refractivity contribution in [3.8, 4) is 11.1 Å². The summed E-state index contributed by atoms with van der Waals surface area (Å²) in [5.41, 5.74) is 5.76. The Morgan fingerprint density at radius 2 is 1.50 bits per heavy atom. The fourth-order valence-corrected chi connectivity index (χ4v) is 2.84. The highest BCUT2D eigenvalue weighted by Gasteiger charge is 2.43. The second-order valence-electron chi connectivity index (χ2n) is 4.62. The molecule has 2 nitrogen and oxygen atoms in total. The molecule has 0 unspecified atom stereocenters. The molecule has 92 valence electrons. The van der Waals surface area contributed by atoms with Gasteiger partial charge in [-0.2, -0.15) is 0 Å². The molecule has 0 atom stereocenters. The van der Waals surface area contributed by atoms with E-state index in [1.807, 2.05) is 12.1 Å². The lowest BCUT2D eigenvalue weighted by molar-refractivity contribution is -0.180. The van der Waals surface area contributed by atoms with Crippen LogP contribution in [-0.2, 0) is 15.3 Å². The Balaban J connectivity index is 2.38. The van der Waals surface area contributed by atoms with Gasteiger partial charge in [-0.3, -0.25) is 0 Å². The minimum Gasteiger partial charge on any atom is -0.346 e. The Hall–Kier alpha value is -1.64. The van der Waals surface area contributed by atoms with Gasteiger partial charge in [0.1, 0.15) is 0 Å². The van der Waals surface area contributed by atoms with Crippen molar-refractivity contribution < 1.29 is 9.47 Å². The van der Waals surface area contributed by atoms with Gasteiger partial charge in [0.25, 0.3) is 0 Å². The lowest BCUT2D eigenvalue weighted by Gasteiger charge is -2.28. The van der Waals surface area contributed by atoms with Crippen LogP contribution in [0.3, 0.4) is 0 Å². The molecule has 0 heterocycles. The van der Waals surface area contributed by atoms with E-state index < -0.39 is 5.79 Å². The van der Waals surface area contributed by atoms with Crippen LogP contribution in [-0.4, -0.2) is 14.2 Å². The van der Waals surface area contributed by atoms with Crippen LogP contribution in [0.25, 0.3) is 11.1 Å². The van der Waals surface area contributed by atoms with Crippen molar-refractivity contribution in [3.05, 3.63) is 59.2 Å². The highest BCUT2D eigenvalue weighted by Crippen LogP contribution is 2.49. The van der Waals surface area contributed by atoms with E-state index in [4.69, 9.17) is 9.47 Å². The Bertz CT molecular complexity index is 598. The van der Waals surface area contributed by atoms with Crippen LogP contribution in [0.1, 0.15) is 16.7 Å². The molecular formula is C16H16O2. The second-order valence-corrected chi connectivity index (χ2v) is 4.62. The zero-order chi connectivity index (χ0) is 12.8. The predicted octanol–water partition coefficient (Wildman–Crippen LogP) is 3.47. The minimum atomic E-state index is -0.766. The topological polar surface area (TPSA) is 18.5 Å². The van der Waals surface area contributed by atoms with Crippen molar-refractivity contribution in [3.63, 3.8) is 0 Å². The van der Waals surface area contributed by atoms with Crippen molar-refractivity contribution in [1.82, 2.24) is 0 Å². The zero-order valence-corrected chi connectivity index (χ0v) is 10.9. The molecule has 1 aliphatic carbocycles. The van der Waals surface area contributed by atoms with Gasteiger partial charge in [-0.25, -0.2) is 0 Å². The maximum Gasteiger partial charge on any atom is 0.223 e. The lowest BCUT2D eigenvalue weighted by Crippen LogP contribution is -2.29. The normalized spacial score (nSPS) is 15.3. The molecule has 0 fully saturated rings. The lowest BCUT2D eigenvalue weighted by atomic mass is 10.0. The van der Waals surface area contributed by atoms with Crippen molar-refractivity contribution in [1.29, 1.82) is 0 Å². The molecule has 2 aromatic rings. The first kappa shape index (κ1) is 11.5. The first-order valence-electron chi connectivity index (χ1n) is 6.04. The molecule has 0 aliphatic heterocycles. The summed E-state index contributed by atoms with van der Waals surface area (Å²) in [5, 5.41) is 0. The molecule has 0 spiro atoms. The van der Waals surface area contributed by atoms with Gasteiger partial charge >= 0.3 is 0 Å². The molecule has 1 aliphatic rings. The zero-order valence-electron chi connectivity index (χ0n) is 10.9. The van der Waals surface area contributed by atoms with Gasteiger partial charge < -0.3 is 9.47 Å². The fourth-order valence-electron chi connectivity index (χ4n) is 2.84. The standard InChI is InChI=1S/C16H16O2/c1-11-8-9-13-12-6-4-5-7-14(12)16(17-2,18-3)15(13)10-11/h4-10H,1-3H3. The largest absolute Gasteiger partial charge is 0.346 e. The monoisotopic (exact) mass is 240 g/mol. The van der Waals surface area contributed by atoms with Crippen LogP contribution in [0.15, 0.2) is 42.5 Å². The number of fused-ring (bicyclic) bond motifs is 3. The molecule has 0 amide bonds. The van der Waals surface area contributed by atoms with Gasteiger partial charge in [-0.05, 0) is 24.1 Å². The molecule has 18 heavy (non-hydrogen) atoms. The summed E-state index contributed by atoms with van der Waals surface area (Å²) < 4.78 is 11.5. The van der Waals surface area contributed by atoms with Crippen LogP contribution in [0, 0.1) is 6.92 Å². The molecule has 2 heteroatoms. The third-order valence-corrected chi connectivity index (χ3v) is 3.68. The Kier molecular flexibility index (Phi) is 2.51. The third kappa shape index (κ3) is 1.30. The van der Waals surface area contributed by atoms with Crippen molar-refractivity contribution in [2.45, 2.75) is 12.7 Å². The van der Waals surface area contributed by atoms with E-state index in [-0.39, 0.29) is 0 Å². The van der Waals surface area contributed by atoms with E-state index in [2.05, 4.69) is 37.3 Å². The Morgan fingerprint density at radius 3 is 2.22 bits per heavy atom. The number of benzene rings is 2. The summed E-state index contributed by atoms with van der Waals surface area (Å²) in [6, 6.07) is 14.7. The first-order valence-corrected chi connectivity index (χ1v) is 6.04. The summed E-state index contributed by atoms with van der Waals surface area (Å²) in [4.78, 5) is 0. The van der Waals surface area contributed by atoms with E-state index in [0.29, 0.717) is 0 Å². The molecule has 0 aromatic heterocycles. The number of ether oxygens (including phenoxy) is 2. The SMILES string of the molecule is COC1(OC)c2ccccc2-c2ccc(C)cc21. The van der Waals surface area contributed by atoms with Crippen LogP contribution in [0.5, 0.6) is 0 Å². The van der Waals surface area contributed by atoms with Gasteiger partial charge in [-0.15, -0.1) is 0 Å². The molecule has 0 saturated heterocycles. The van der Waals surface area contributed by atoms with Crippen molar-refractivity contribution >= 4 is 0 Å². The molecule has 2 aromatic carbocycles. The van der Waals surface area contributed by atoms with Gasteiger partial charge in [0.2, 0.25) is 5.79 Å². The highest BCUT2D eigenvalue weighted by molar-refractivity contribution is 5.79. The van der Waals surface area contributed by atoms with Gasteiger partial charge in [0, 0.05) is 25.3 Å². The van der Waals surface area contributed by atoms with Gasteiger partial charge in [-0.1, -0.05) is 42.0 Å². The minimum absolute atomic E-state index is 0.766. The maximum absolute atomic E-state index is 5.73. The smallest absolute Gasteiger partial charge is 0.223 e. The first-order chi connectivity index (χ1) is 8.73. The van der Waals surface area contributed by atoms with Gasteiger partial charge in [0.15, 0.2) is 0 Å². The molecule has 0 bridgehead atoms. The van der Waals surface area contributed by atoms with E-state index in [1.165, 1.54) is 16.7 Å². The average molecular weight is 240 g/mol. The quantitative estimate of drug-likeness (QED) is 0.748. The van der Waals surface area contributed by atoms with Crippen molar-refractivity contribution in [2.75, 3.05) is 14.2 Å². The highest BCUT2D eigenvalue weighted by atomic mass is 16.7. The maximum atomic E-state index is 5.73. The summed E-state index contributed by atoms with van der Waals surface area (Å²) in [6.07, 6.45) is 0.